The maximum Gasteiger partial charge on any atom is 0.239 e. The molecule has 1 rings (SSSR count). The smallest absolute Gasteiger partial charge is 0.239 e. The fourth-order valence-corrected chi connectivity index (χ4v) is 1.35. The topological polar surface area (TPSA) is 32.7 Å². The third-order valence-electron chi connectivity index (χ3n) is 2.01. The number of likely N-dealkylation sites (N-methyl/N-ethyl adjacent to an activating group) is 1. The average Bonchev–Trinajstić information content (AvgIpc) is 2.37. The molecule has 0 N–H and O–H groups in total. The molecule has 0 aromatic rings. The van der Waals surface area contributed by atoms with E-state index in [2.05, 4.69) is 16.9 Å². The molecule has 0 spiro atoms. The number of likely N-dealkylation sites (tertiary alicyclic amines) is 1. The highest BCUT2D eigenvalue weighted by atomic mass is 16.1. The summed E-state index contributed by atoms with van der Waals surface area (Å²) >= 11 is 0. The van der Waals surface area contributed by atoms with Crippen LogP contribution in [0.1, 0.15) is 12.8 Å². The van der Waals surface area contributed by atoms with E-state index < -0.39 is 0 Å². The predicted octanol–water partition coefficient (Wildman–Crippen LogP) is 0.930. The molecule has 1 saturated heterocycles. The van der Waals surface area contributed by atoms with E-state index >= 15 is 0 Å². The van der Waals surface area contributed by atoms with Crippen LogP contribution in [0.4, 0.5) is 0 Å². The van der Waals surface area contributed by atoms with E-state index in [1.54, 1.807) is 0 Å². The van der Waals surface area contributed by atoms with Crippen molar-refractivity contribution in [2.24, 2.45) is 4.99 Å². The minimum absolute atomic E-state index is 0.465. The summed E-state index contributed by atoms with van der Waals surface area (Å²) in [7, 11) is 2.08. The minimum Gasteiger partial charge on any atom is -0.300 e. The summed E-state index contributed by atoms with van der Waals surface area (Å²) in [5, 5.41) is 0. The van der Waals surface area contributed by atoms with Gasteiger partial charge in [0.25, 0.3) is 0 Å². The fraction of sp³-hybridized carbons (Fsp3) is 0.625. The molecule has 3 nitrogen and oxygen atoms in total. The molecule has 1 fully saturated rings. The van der Waals surface area contributed by atoms with Gasteiger partial charge in [-0.25, -0.2) is 4.79 Å². The number of nitrogens with zero attached hydrogens (tertiary/aromatic N) is 2. The zero-order valence-corrected chi connectivity index (χ0v) is 6.66. The van der Waals surface area contributed by atoms with Crippen molar-refractivity contribution in [2.45, 2.75) is 18.9 Å². The summed E-state index contributed by atoms with van der Waals surface area (Å²) in [6.07, 6.45) is 7.35. The van der Waals surface area contributed by atoms with E-state index in [1.165, 1.54) is 25.1 Å². The van der Waals surface area contributed by atoms with Gasteiger partial charge in [0, 0.05) is 12.2 Å². The molecule has 0 aromatic heterocycles. The van der Waals surface area contributed by atoms with Gasteiger partial charge in [-0.15, -0.1) is 0 Å². The normalized spacial score (nSPS) is 25.7. The van der Waals surface area contributed by atoms with E-state index in [9.17, 15) is 4.79 Å². The van der Waals surface area contributed by atoms with Gasteiger partial charge < -0.3 is 0 Å². The molecule has 0 aromatic carbocycles. The van der Waals surface area contributed by atoms with Gasteiger partial charge in [0.05, 0.1) is 0 Å². The Balaban J connectivity index is 2.41. The van der Waals surface area contributed by atoms with Gasteiger partial charge in [-0.3, -0.25) is 4.90 Å². The summed E-state index contributed by atoms with van der Waals surface area (Å²) in [5.41, 5.74) is 0. The van der Waals surface area contributed by atoms with Crippen LogP contribution in [0, 0.1) is 0 Å². The zero-order valence-electron chi connectivity index (χ0n) is 6.66. The Labute approximate surface area is 66.4 Å². The maximum absolute atomic E-state index is 9.70. The van der Waals surface area contributed by atoms with Crippen LogP contribution < -0.4 is 0 Å². The molecule has 1 aliphatic heterocycles. The van der Waals surface area contributed by atoms with Gasteiger partial charge in [0.1, 0.15) is 0 Å². The molecule has 1 atom stereocenters. The number of aliphatic imine (C=N–C) groups is 1. The van der Waals surface area contributed by atoms with Crippen LogP contribution in [0.2, 0.25) is 0 Å². The highest BCUT2D eigenvalue weighted by molar-refractivity contribution is 5.34. The van der Waals surface area contributed by atoms with Gasteiger partial charge >= 0.3 is 0 Å². The lowest BCUT2D eigenvalue weighted by molar-refractivity contribution is 0.357. The molecule has 1 unspecified atom stereocenters. The molecule has 11 heavy (non-hydrogen) atoms. The SMILES string of the molecule is CN1CCCC1/C=C/N=C=O. The summed E-state index contributed by atoms with van der Waals surface area (Å²) in [6.45, 7) is 1.14. The van der Waals surface area contributed by atoms with Crippen LogP contribution >= 0.6 is 0 Å². The first-order chi connectivity index (χ1) is 5.34. The van der Waals surface area contributed by atoms with Crippen molar-refractivity contribution < 1.29 is 4.79 Å². The second-order valence-corrected chi connectivity index (χ2v) is 2.75. The Hall–Kier alpha value is -0.920. The molecule has 0 bridgehead atoms. The summed E-state index contributed by atoms with van der Waals surface area (Å²) in [6, 6.07) is 0.465. The van der Waals surface area contributed by atoms with Gasteiger partial charge in [0.2, 0.25) is 6.08 Å². The van der Waals surface area contributed by atoms with Crippen molar-refractivity contribution in [3.63, 3.8) is 0 Å². The lowest BCUT2D eigenvalue weighted by Gasteiger charge is -2.13. The Morgan fingerprint density at radius 1 is 1.73 bits per heavy atom. The zero-order chi connectivity index (χ0) is 8.10. The van der Waals surface area contributed by atoms with E-state index in [0.29, 0.717) is 6.04 Å². The van der Waals surface area contributed by atoms with Crippen molar-refractivity contribution in [3.8, 4) is 0 Å². The number of rotatable bonds is 2. The Morgan fingerprint density at radius 2 is 2.55 bits per heavy atom. The summed E-state index contributed by atoms with van der Waals surface area (Å²) in [5.74, 6) is 0. The Morgan fingerprint density at radius 3 is 3.09 bits per heavy atom. The van der Waals surface area contributed by atoms with E-state index in [1.807, 2.05) is 6.08 Å². The number of hydrogen-bond donors (Lipinski definition) is 0. The van der Waals surface area contributed by atoms with Crippen LogP contribution in [-0.2, 0) is 4.79 Å². The van der Waals surface area contributed by atoms with Gasteiger partial charge in [-0.2, -0.15) is 4.99 Å². The highest BCUT2D eigenvalue weighted by Crippen LogP contribution is 2.15. The van der Waals surface area contributed by atoms with Crippen LogP contribution in [0.15, 0.2) is 17.3 Å². The monoisotopic (exact) mass is 152 g/mol. The number of carbonyl (C=O) groups excluding carboxylic acids is 1. The standard InChI is InChI=1S/C8H12N2O/c1-10-6-2-3-8(10)4-5-9-7-11/h4-5,8H,2-3,6H2,1H3/b5-4+. The van der Waals surface area contributed by atoms with Gasteiger partial charge in [-0.05, 0) is 32.5 Å². The van der Waals surface area contributed by atoms with Crippen molar-refractivity contribution in [2.75, 3.05) is 13.6 Å². The average molecular weight is 152 g/mol. The summed E-state index contributed by atoms with van der Waals surface area (Å²) in [4.78, 5) is 15.3. The third-order valence-corrected chi connectivity index (χ3v) is 2.01. The van der Waals surface area contributed by atoms with Gasteiger partial charge in [-0.1, -0.05) is 0 Å². The van der Waals surface area contributed by atoms with Crippen molar-refractivity contribution in [1.82, 2.24) is 4.90 Å². The quantitative estimate of drug-likeness (QED) is 0.435. The largest absolute Gasteiger partial charge is 0.300 e. The van der Waals surface area contributed by atoms with Crippen molar-refractivity contribution >= 4 is 6.08 Å². The van der Waals surface area contributed by atoms with Crippen LogP contribution in [0.3, 0.4) is 0 Å². The summed E-state index contributed by atoms with van der Waals surface area (Å²) < 4.78 is 0. The predicted molar refractivity (Wildman–Crippen MR) is 42.9 cm³/mol. The molecular formula is C8H12N2O. The van der Waals surface area contributed by atoms with Gasteiger partial charge in [0.15, 0.2) is 0 Å². The van der Waals surface area contributed by atoms with E-state index in [-0.39, 0.29) is 0 Å². The first kappa shape index (κ1) is 8.18. The van der Waals surface area contributed by atoms with Crippen LogP contribution in [-0.4, -0.2) is 30.6 Å². The molecule has 1 aliphatic rings. The van der Waals surface area contributed by atoms with Crippen LogP contribution in [0.25, 0.3) is 0 Å². The Bertz CT molecular complexity index is 194. The maximum atomic E-state index is 9.70. The molecule has 0 aliphatic carbocycles. The molecule has 1 heterocycles. The second kappa shape index (κ2) is 4.06. The number of hydrogen-bond acceptors (Lipinski definition) is 3. The van der Waals surface area contributed by atoms with Crippen molar-refractivity contribution in [1.29, 1.82) is 0 Å². The second-order valence-electron chi connectivity index (χ2n) is 2.75. The Kier molecular flexibility index (Phi) is 3.02. The number of isocyanates is 1. The van der Waals surface area contributed by atoms with E-state index in [4.69, 9.17) is 0 Å². The molecule has 0 radical (unpaired) electrons. The minimum atomic E-state index is 0.465. The molecule has 60 valence electrons. The third kappa shape index (κ3) is 2.30. The highest BCUT2D eigenvalue weighted by Gasteiger charge is 2.17. The fourth-order valence-electron chi connectivity index (χ4n) is 1.35. The van der Waals surface area contributed by atoms with Crippen LogP contribution in [0.5, 0.6) is 0 Å². The molecule has 3 heteroatoms. The molecule has 0 saturated carbocycles. The molecule has 0 amide bonds. The first-order valence-corrected chi connectivity index (χ1v) is 3.78. The van der Waals surface area contributed by atoms with E-state index in [0.717, 1.165) is 6.54 Å². The van der Waals surface area contributed by atoms with Crippen molar-refractivity contribution in [3.05, 3.63) is 12.3 Å². The lowest BCUT2D eigenvalue weighted by Crippen LogP contribution is -2.22. The molecular weight excluding hydrogens is 140 g/mol. The lowest BCUT2D eigenvalue weighted by atomic mass is 10.2. The first-order valence-electron chi connectivity index (χ1n) is 3.78.